The van der Waals surface area contributed by atoms with E-state index in [-0.39, 0.29) is 0 Å². The molecule has 0 heterocycles. The normalized spacial score (nSPS) is 34.0. The third kappa shape index (κ3) is 4.43. The predicted octanol–water partition coefficient (Wildman–Crippen LogP) is 12.0. The maximum Gasteiger partial charge on any atom is 0.174 e. The first-order valence-electron chi connectivity index (χ1n) is 5.69. The molecule has 0 aromatic carbocycles. The Morgan fingerprint density at radius 1 is 0.259 bits per heavy atom. The van der Waals surface area contributed by atoms with Crippen LogP contribution in [0.4, 0.5) is 0 Å². The minimum atomic E-state index is -1.76. The van der Waals surface area contributed by atoms with E-state index >= 15 is 0 Å². The van der Waals surface area contributed by atoms with E-state index in [1.807, 2.05) is 0 Å². The molecule has 0 amide bonds. The molecule has 1 aliphatic carbocycles. The van der Waals surface area contributed by atoms with Gasteiger partial charge in [0.15, 0.2) is 4.51 Å². The quantitative estimate of drug-likeness (QED) is 0.240. The van der Waals surface area contributed by atoms with Crippen molar-refractivity contribution in [2.24, 2.45) is 0 Å². The molecular weight excluding hydrogens is 1480 g/mol. The van der Waals surface area contributed by atoms with Crippen molar-refractivity contribution < 1.29 is 5.11 Å². The second kappa shape index (κ2) is 9.70. The summed E-state index contributed by atoms with van der Waals surface area (Å²) in [6.45, 7) is 0. The summed E-state index contributed by atoms with van der Waals surface area (Å²) in [5.74, 6) is 0. The molecule has 0 aliphatic heterocycles. The molecule has 27 heavy (non-hydrogen) atoms. The van der Waals surface area contributed by atoms with Gasteiger partial charge in [-0.25, -0.2) is 0 Å². The summed E-state index contributed by atoms with van der Waals surface area (Å²) < 4.78 is -10.9. The molecule has 0 atom stereocenters. The first kappa shape index (κ1) is 33.1. The van der Waals surface area contributed by atoms with Gasteiger partial charge in [-0.1, -0.05) is 255 Å². The summed E-state index contributed by atoms with van der Waals surface area (Å²) in [5, 5.41) is 11.8. The lowest BCUT2D eigenvalue weighted by atomic mass is 10.1. The zero-order valence-corrected chi connectivity index (χ0v) is 38.3. The fourth-order valence-corrected chi connectivity index (χ4v) is 20.4. The SMILES string of the molecule is OC1(Br)C(Br)(Br)C(Br)(Br)C(Br)(Br)C(Br)(Br)C(Br)(Br)C(Br)(Br)C(Br)(Br)C1(Br)Br. The Morgan fingerprint density at radius 2 is 0.370 bits per heavy atom. The van der Waals surface area contributed by atoms with E-state index in [0.717, 1.165) is 0 Å². The van der Waals surface area contributed by atoms with Crippen LogP contribution in [0.15, 0.2) is 0 Å². The van der Waals surface area contributed by atoms with Gasteiger partial charge in [-0.05, 0) is 15.9 Å². The van der Waals surface area contributed by atoms with Crippen LogP contribution in [0.3, 0.4) is 0 Å². The van der Waals surface area contributed by atoms with Crippen LogP contribution in [0.2, 0.25) is 0 Å². The Balaban J connectivity index is 4.27. The van der Waals surface area contributed by atoms with Crippen LogP contribution < -0.4 is 0 Å². The van der Waals surface area contributed by atoms with Crippen molar-refractivity contribution in [3.05, 3.63) is 0 Å². The van der Waals surface area contributed by atoms with Gasteiger partial charge in [0.05, 0.1) is 0 Å². The zero-order chi connectivity index (χ0) is 22.5. The first-order valence-corrected chi connectivity index (χ1v) is 19.2. The Hall–Kier alpha value is 8.12. The molecule has 0 bridgehead atoms. The van der Waals surface area contributed by atoms with Gasteiger partial charge in [0.1, 0.15) is 25.9 Å². The highest BCUT2D eigenvalue weighted by Gasteiger charge is 2.85. The van der Waals surface area contributed by atoms with Crippen molar-refractivity contribution >= 4 is 271 Å². The highest BCUT2D eigenvalue weighted by atomic mass is 80.0. The number of alkyl halides is 17. The Morgan fingerprint density at radius 3 is 0.519 bits per heavy atom. The lowest BCUT2D eigenvalue weighted by molar-refractivity contribution is 0.121. The standard InChI is InChI=1S/C9HBr17O/c10-1(11)2(12,13)4(16,17)6(20,21)8(24,25)9(26,27)7(22,23)5(18,19)3(1,14)15/h27H. The number of halogens is 17. The molecule has 0 radical (unpaired) electrons. The molecule has 162 valence electrons. The van der Waals surface area contributed by atoms with Crippen molar-refractivity contribution in [3.63, 3.8) is 0 Å². The van der Waals surface area contributed by atoms with Crippen LogP contribution in [-0.2, 0) is 0 Å². The highest BCUT2D eigenvalue weighted by molar-refractivity contribution is 9.37. The number of hydrogen-bond acceptors (Lipinski definition) is 1. The van der Waals surface area contributed by atoms with E-state index in [1.54, 1.807) is 0 Å². The minimum Gasteiger partial charge on any atom is -0.374 e. The summed E-state index contributed by atoms with van der Waals surface area (Å²) in [6.07, 6.45) is 0. The smallest absolute Gasteiger partial charge is 0.174 e. The summed E-state index contributed by atoms with van der Waals surface area (Å²) in [5.41, 5.74) is 0. The molecule has 1 nitrogen and oxygen atoms in total. The minimum absolute atomic E-state index is 1.04. The Kier molecular flexibility index (Phi) is 11.9. The summed E-state index contributed by atoms with van der Waals surface area (Å²) >= 11 is 63.1. The maximum atomic E-state index is 11.8. The molecule has 1 rings (SSSR count). The van der Waals surface area contributed by atoms with Gasteiger partial charge in [0.2, 0.25) is 0 Å². The molecular formula is C9HBr17O. The maximum absolute atomic E-state index is 11.8. The number of aliphatic hydroxyl groups is 1. The fraction of sp³-hybridized carbons (Fsp3) is 1.00. The number of rotatable bonds is 0. The topological polar surface area (TPSA) is 20.2 Å². The molecule has 0 aromatic rings. The summed E-state index contributed by atoms with van der Waals surface area (Å²) in [4.78, 5) is 0. The largest absolute Gasteiger partial charge is 0.374 e. The third-order valence-electron chi connectivity index (χ3n) is 3.59. The number of hydrogen-bond donors (Lipinski definition) is 1. The van der Waals surface area contributed by atoms with E-state index < -0.39 is 30.4 Å². The van der Waals surface area contributed by atoms with E-state index in [0.29, 0.717) is 0 Å². The van der Waals surface area contributed by atoms with Gasteiger partial charge in [-0.15, -0.1) is 0 Å². The molecule has 1 saturated carbocycles. The van der Waals surface area contributed by atoms with Gasteiger partial charge < -0.3 is 5.11 Å². The highest BCUT2D eigenvalue weighted by Crippen LogP contribution is 2.82. The van der Waals surface area contributed by atoms with E-state index in [9.17, 15) is 5.11 Å². The van der Waals surface area contributed by atoms with Crippen LogP contribution >= 0.6 is 271 Å². The van der Waals surface area contributed by atoms with Gasteiger partial charge in [-0.3, -0.25) is 0 Å². The summed E-state index contributed by atoms with van der Waals surface area (Å²) in [6, 6.07) is 0. The second-order valence-corrected chi connectivity index (χ2v) is 33.9. The van der Waals surface area contributed by atoms with Crippen LogP contribution in [0, 0.1) is 0 Å². The Labute approximate surface area is 299 Å². The third-order valence-corrected chi connectivity index (χ3v) is 40.8. The van der Waals surface area contributed by atoms with Crippen molar-refractivity contribution in [2.45, 2.75) is 30.4 Å². The fourth-order valence-electron chi connectivity index (χ4n) is 1.80. The van der Waals surface area contributed by atoms with Gasteiger partial charge in [0.25, 0.3) is 0 Å². The first-order chi connectivity index (χ1) is 11.2. The van der Waals surface area contributed by atoms with Crippen LogP contribution in [0.1, 0.15) is 0 Å². The zero-order valence-electron chi connectivity index (χ0n) is 11.4. The molecule has 0 spiro atoms. The average Bonchev–Trinajstić information content (AvgIpc) is 2.44. The van der Waals surface area contributed by atoms with E-state index in [2.05, 4.69) is 271 Å². The second-order valence-electron chi connectivity index (χ2n) is 5.22. The predicted molar refractivity (Wildman–Crippen MR) is 179 cm³/mol. The molecule has 0 saturated heterocycles. The van der Waals surface area contributed by atoms with Crippen molar-refractivity contribution in [1.82, 2.24) is 0 Å². The lowest BCUT2D eigenvalue weighted by Gasteiger charge is -2.55. The van der Waals surface area contributed by atoms with Crippen molar-refractivity contribution in [3.8, 4) is 0 Å². The molecule has 18 heteroatoms. The van der Waals surface area contributed by atoms with Crippen molar-refractivity contribution in [2.75, 3.05) is 0 Å². The van der Waals surface area contributed by atoms with E-state index in [1.165, 1.54) is 0 Å². The molecule has 1 N–H and O–H groups in total. The van der Waals surface area contributed by atoms with Gasteiger partial charge >= 0.3 is 0 Å². The van der Waals surface area contributed by atoms with Crippen LogP contribution in [-0.4, -0.2) is 35.5 Å². The monoisotopic (exact) mass is 1470 g/mol. The van der Waals surface area contributed by atoms with E-state index in [4.69, 9.17) is 0 Å². The van der Waals surface area contributed by atoms with Crippen LogP contribution in [0.25, 0.3) is 0 Å². The summed E-state index contributed by atoms with van der Waals surface area (Å²) in [7, 11) is 0. The van der Waals surface area contributed by atoms with Crippen LogP contribution in [0.5, 0.6) is 0 Å². The lowest BCUT2D eigenvalue weighted by Crippen LogP contribution is -2.68. The Bertz CT molecular complexity index is 409. The molecule has 1 fully saturated rings. The van der Waals surface area contributed by atoms with Gasteiger partial charge in [-0.2, -0.15) is 0 Å². The molecule has 1 aliphatic rings. The van der Waals surface area contributed by atoms with Gasteiger partial charge in [0, 0.05) is 0 Å². The average molecular weight is 1480 g/mol. The molecule has 0 unspecified atom stereocenters. The molecule has 0 aromatic heterocycles. The van der Waals surface area contributed by atoms with Crippen molar-refractivity contribution in [1.29, 1.82) is 0 Å².